The summed E-state index contributed by atoms with van der Waals surface area (Å²) in [5.41, 5.74) is 1.21. The predicted octanol–water partition coefficient (Wildman–Crippen LogP) is 4.90. The van der Waals surface area contributed by atoms with Crippen LogP contribution in [0.2, 0.25) is 5.02 Å². The van der Waals surface area contributed by atoms with Crippen molar-refractivity contribution in [2.45, 2.75) is 32.4 Å². The number of hydrogen-bond acceptors (Lipinski definition) is 1. The Kier molecular flexibility index (Phi) is 5.32. The Morgan fingerprint density at radius 3 is 2.14 bits per heavy atom. The van der Waals surface area contributed by atoms with Crippen molar-refractivity contribution in [1.82, 2.24) is 5.32 Å². The first kappa shape index (κ1) is 15.9. The summed E-state index contributed by atoms with van der Waals surface area (Å²) in [4.78, 5) is 0. The summed E-state index contributed by atoms with van der Waals surface area (Å²) in [6.07, 6.45) is 0.761. The van der Waals surface area contributed by atoms with E-state index in [4.69, 9.17) is 11.6 Å². The van der Waals surface area contributed by atoms with Gasteiger partial charge < -0.3 is 5.32 Å². The molecule has 0 aromatic heterocycles. The van der Waals surface area contributed by atoms with Gasteiger partial charge in [-0.1, -0.05) is 29.8 Å². The van der Waals surface area contributed by atoms with E-state index in [-0.39, 0.29) is 11.6 Å². The highest BCUT2D eigenvalue weighted by Crippen LogP contribution is 2.21. The van der Waals surface area contributed by atoms with Crippen molar-refractivity contribution in [2.75, 3.05) is 0 Å². The Bertz CT molecular complexity index is 578. The summed E-state index contributed by atoms with van der Waals surface area (Å²) in [6, 6.07) is 11.2. The molecule has 0 saturated heterocycles. The van der Waals surface area contributed by atoms with E-state index in [0.29, 0.717) is 5.02 Å². The van der Waals surface area contributed by atoms with Gasteiger partial charge in [-0.3, -0.25) is 0 Å². The first-order chi connectivity index (χ1) is 9.97. The molecule has 4 heteroatoms. The number of hydrogen-bond donors (Lipinski definition) is 1. The molecule has 0 aliphatic carbocycles. The van der Waals surface area contributed by atoms with E-state index in [1.54, 1.807) is 6.92 Å². The average Bonchev–Trinajstić information content (AvgIpc) is 2.41. The van der Waals surface area contributed by atoms with Crippen LogP contribution in [-0.4, -0.2) is 6.04 Å². The van der Waals surface area contributed by atoms with Crippen LogP contribution in [-0.2, 0) is 6.42 Å². The van der Waals surface area contributed by atoms with Gasteiger partial charge in [0.15, 0.2) is 0 Å². The summed E-state index contributed by atoms with van der Waals surface area (Å²) in [6.45, 7) is 3.75. The third-order valence-corrected chi connectivity index (χ3v) is 3.67. The molecule has 2 atom stereocenters. The average molecular weight is 310 g/mol. The van der Waals surface area contributed by atoms with Crippen molar-refractivity contribution in [2.24, 2.45) is 0 Å². The molecular weight excluding hydrogens is 292 g/mol. The Balaban J connectivity index is 2.02. The number of benzene rings is 2. The molecular formula is C17H18ClF2N. The maximum atomic E-state index is 13.7. The highest BCUT2D eigenvalue weighted by molar-refractivity contribution is 6.30. The fraction of sp³-hybridized carbons (Fsp3) is 0.294. The maximum Gasteiger partial charge on any atom is 0.130 e. The normalized spacial score (nSPS) is 14.0. The lowest BCUT2D eigenvalue weighted by molar-refractivity contribution is 0.440. The van der Waals surface area contributed by atoms with Crippen LogP contribution in [0.5, 0.6) is 0 Å². The molecule has 21 heavy (non-hydrogen) atoms. The van der Waals surface area contributed by atoms with Crippen LogP contribution in [0.3, 0.4) is 0 Å². The largest absolute Gasteiger partial charge is 0.307 e. The molecule has 0 bridgehead atoms. The fourth-order valence-electron chi connectivity index (χ4n) is 2.47. The standard InChI is InChI=1S/C17H18ClF2N/c1-11(10-13-6-8-14(18)9-7-13)21-12(2)17-15(19)4-3-5-16(17)20/h3-9,11-12,21H,10H2,1-2H3. The highest BCUT2D eigenvalue weighted by atomic mass is 35.5. The van der Waals surface area contributed by atoms with E-state index in [1.807, 2.05) is 31.2 Å². The van der Waals surface area contributed by atoms with Crippen LogP contribution in [0.15, 0.2) is 42.5 Å². The van der Waals surface area contributed by atoms with Crippen LogP contribution in [0.4, 0.5) is 8.78 Å². The molecule has 0 spiro atoms. The van der Waals surface area contributed by atoms with Crippen LogP contribution < -0.4 is 5.32 Å². The van der Waals surface area contributed by atoms with E-state index in [9.17, 15) is 8.78 Å². The van der Waals surface area contributed by atoms with Gasteiger partial charge in [0.2, 0.25) is 0 Å². The molecule has 0 amide bonds. The van der Waals surface area contributed by atoms with Crippen molar-refractivity contribution in [1.29, 1.82) is 0 Å². The molecule has 0 fully saturated rings. The quantitative estimate of drug-likeness (QED) is 0.828. The number of rotatable bonds is 5. The van der Waals surface area contributed by atoms with Crippen molar-refractivity contribution in [3.05, 3.63) is 70.2 Å². The lowest BCUT2D eigenvalue weighted by Crippen LogP contribution is -2.31. The van der Waals surface area contributed by atoms with Gasteiger partial charge in [-0.05, 0) is 50.1 Å². The first-order valence-electron chi connectivity index (χ1n) is 6.91. The molecule has 1 nitrogen and oxygen atoms in total. The molecule has 0 heterocycles. The van der Waals surface area contributed by atoms with Crippen LogP contribution in [0, 0.1) is 11.6 Å². The van der Waals surface area contributed by atoms with Crippen molar-refractivity contribution >= 4 is 11.6 Å². The molecule has 112 valence electrons. The van der Waals surface area contributed by atoms with E-state index in [0.717, 1.165) is 12.0 Å². The zero-order valence-electron chi connectivity index (χ0n) is 12.0. The third-order valence-electron chi connectivity index (χ3n) is 3.42. The van der Waals surface area contributed by atoms with Gasteiger partial charge in [0.05, 0.1) is 0 Å². The first-order valence-corrected chi connectivity index (χ1v) is 7.29. The minimum absolute atomic E-state index is 0.0835. The molecule has 2 aromatic carbocycles. The van der Waals surface area contributed by atoms with E-state index in [1.165, 1.54) is 18.2 Å². The molecule has 0 aliphatic rings. The van der Waals surface area contributed by atoms with Crippen LogP contribution >= 0.6 is 11.6 Å². The lowest BCUT2D eigenvalue weighted by Gasteiger charge is -2.21. The second-order valence-electron chi connectivity index (χ2n) is 5.26. The summed E-state index contributed by atoms with van der Waals surface area (Å²) < 4.78 is 27.5. The fourth-order valence-corrected chi connectivity index (χ4v) is 2.59. The van der Waals surface area contributed by atoms with E-state index < -0.39 is 17.7 Å². The Morgan fingerprint density at radius 1 is 1.00 bits per heavy atom. The van der Waals surface area contributed by atoms with Gasteiger partial charge in [-0.2, -0.15) is 0 Å². The topological polar surface area (TPSA) is 12.0 Å². The number of nitrogens with one attached hydrogen (secondary N) is 1. The smallest absolute Gasteiger partial charge is 0.130 e. The van der Waals surface area contributed by atoms with Gasteiger partial charge in [0, 0.05) is 22.7 Å². The Hall–Kier alpha value is -1.45. The minimum atomic E-state index is -0.520. The van der Waals surface area contributed by atoms with Gasteiger partial charge in [-0.25, -0.2) is 8.78 Å². The molecule has 0 saturated carbocycles. The molecule has 1 N–H and O–H groups in total. The Morgan fingerprint density at radius 2 is 1.57 bits per heavy atom. The van der Waals surface area contributed by atoms with E-state index in [2.05, 4.69) is 5.32 Å². The van der Waals surface area contributed by atoms with Gasteiger partial charge >= 0.3 is 0 Å². The summed E-state index contributed by atoms with van der Waals surface area (Å²) >= 11 is 5.85. The highest BCUT2D eigenvalue weighted by Gasteiger charge is 2.17. The minimum Gasteiger partial charge on any atom is -0.307 e. The van der Waals surface area contributed by atoms with Crippen LogP contribution in [0.25, 0.3) is 0 Å². The Labute approximate surface area is 128 Å². The number of halogens is 3. The predicted molar refractivity (Wildman–Crippen MR) is 82.5 cm³/mol. The van der Waals surface area contributed by atoms with Crippen LogP contribution in [0.1, 0.15) is 31.0 Å². The summed E-state index contributed by atoms with van der Waals surface area (Å²) in [5, 5.41) is 3.92. The molecule has 2 rings (SSSR count). The SMILES string of the molecule is CC(Cc1ccc(Cl)cc1)NC(C)c1c(F)cccc1F. The third kappa shape index (κ3) is 4.26. The molecule has 2 aromatic rings. The zero-order valence-corrected chi connectivity index (χ0v) is 12.8. The van der Waals surface area contributed by atoms with Gasteiger partial charge in [0.25, 0.3) is 0 Å². The van der Waals surface area contributed by atoms with Gasteiger partial charge in [0.1, 0.15) is 11.6 Å². The summed E-state index contributed by atoms with van der Waals surface area (Å²) in [7, 11) is 0. The maximum absolute atomic E-state index is 13.7. The second kappa shape index (κ2) is 7.01. The lowest BCUT2D eigenvalue weighted by atomic mass is 10.0. The zero-order chi connectivity index (χ0) is 15.4. The molecule has 0 aliphatic heterocycles. The molecule has 0 radical (unpaired) electrons. The van der Waals surface area contributed by atoms with Crippen molar-refractivity contribution in [3.8, 4) is 0 Å². The van der Waals surface area contributed by atoms with Crippen molar-refractivity contribution in [3.63, 3.8) is 0 Å². The van der Waals surface area contributed by atoms with E-state index >= 15 is 0 Å². The monoisotopic (exact) mass is 309 g/mol. The van der Waals surface area contributed by atoms with Crippen molar-refractivity contribution < 1.29 is 8.78 Å². The van der Waals surface area contributed by atoms with Gasteiger partial charge in [-0.15, -0.1) is 0 Å². The summed E-state index contributed by atoms with van der Waals surface area (Å²) in [5.74, 6) is -1.04. The second-order valence-corrected chi connectivity index (χ2v) is 5.69. The molecule has 2 unspecified atom stereocenters.